The number of hydrogen-bond donors (Lipinski definition) is 0. The molecule has 0 bridgehead atoms. The maximum Gasteiger partial charge on any atom is 0.168 e. The fourth-order valence-electron chi connectivity index (χ4n) is 9.22. The second-order valence-corrected chi connectivity index (χ2v) is 24.8. The number of pyridine rings is 2. The van der Waals surface area contributed by atoms with Crippen LogP contribution in [0.3, 0.4) is 0 Å². The van der Waals surface area contributed by atoms with Crippen LogP contribution in [0.15, 0.2) is 180 Å². The number of benzene rings is 7. The Bertz CT molecular complexity index is 3660. The Balaban J connectivity index is 0.000000270. The second kappa shape index (κ2) is 20.4. The molecule has 0 spiro atoms. The van der Waals surface area contributed by atoms with Gasteiger partial charge in [-0.15, -0.1) is 53.6 Å². The summed E-state index contributed by atoms with van der Waals surface area (Å²) in [6, 6.07) is 65.0. The molecule has 0 saturated carbocycles. The van der Waals surface area contributed by atoms with Crippen molar-refractivity contribution >= 4 is 46.4 Å². The topological polar surface area (TPSA) is 56.7 Å². The number of fused-ring (bicyclic) bond motifs is 4. The van der Waals surface area contributed by atoms with E-state index in [1.54, 1.807) is 12.1 Å². The zero-order valence-corrected chi connectivity index (χ0v) is 44.8. The number of rotatable bonds is 9. The molecule has 11 aromatic rings. The van der Waals surface area contributed by atoms with Gasteiger partial charge >= 0.3 is 0 Å². The van der Waals surface area contributed by atoms with Gasteiger partial charge in [-0.05, 0) is 104 Å². The average Bonchev–Trinajstić information content (AvgIpc) is 3.97. The van der Waals surface area contributed by atoms with Gasteiger partial charge in [0, 0.05) is 47.2 Å². The van der Waals surface area contributed by atoms with E-state index in [0.717, 1.165) is 72.6 Å². The molecule has 355 valence electrons. The number of furan rings is 1. The van der Waals surface area contributed by atoms with Crippen LogP contribution in [-0.4, -0.2) is 27.6 Å². The molecule has 0 N–H and O–H groups in total. The van der Waals surface area contributed by atoms with Crippen molar-refractivity contribution in [3.8, 4) is 61.7 Å². The molecule has 7 heteroatoms. The van der Waals surface area contributed by atoms with Gasteiger partial charge in [0.1, 0.15) is 5.58 Å². The normalized spacial score (nSPS) is 12.4. The molecule has 0 aliphatic heterocycles. The van der Waals surface area contributed by atoms with Crippen LogP contribution >= 0.6 is 0 Å². The van der Waals surface area contributed by atoms with Crippen molar-refractivity contribution in [2.24, 2.45) is 0 Å². The summed E-state index contributed by atoms with van der Waals surface area (Å²) in [5.74, 6) is 1.28. The standard InChI is InChI=1S/C49H40N3O.C15H18NSi.Ir/c1-30(2)42-27-38(34-15-10-7-11-16-34)28-43(31(3)4)46(42)52-44-26-19-32(5)50-48(44)51-49(52)41-18-12-17-40-39-25-24-37(29-45(39)53-47(40)41)36-22-20-35(21-23-36)33-13-8-6-9-14-33;1-12-5-7-13(8-6-12)15-10-9-14(11-16-15)17(2,3)4;/h6-17,19-31H,1-5H3;5-7,9-11H,1-4H3;/q2*-1;/i;1D3;. The van der Waals surface area contributed by atoms with Gasteiger partial charge in [-0.3, -0.25) is 4.98 Å². The molecule has 11 rings (SSSR count). The van der Waals surface area contributed by atoms with Crippen molar-refractivity contribution in [3.63, 3.8) is 0 Å². The summed E-state index contributed by atoms with van der Waals surface area (Å²) >= 11 is 0. The van der Waals surface area contributed by atoms with Crippen LogP contribution in [0.4, 0.5) is 0 Å². The van der Waals surface area contributed by atoms with E-state index in [1.807, 2.05) is 31.3 Å². The first kappa shape index (κ1) is 45.1. The molecule has 0 unspecified atom stereocenters. The van der Waals surface area contributed by atoms with E-state index >= 15 is 0 Å². The van der Waals surface area contributed by atoms with Crippen molar-refractivity contribution in [2.45, 2.75) is 72.9 Å². The predicted octanol–water partition coefficient (Wildman–Crippen LogP) is 16.7. The number of imidazole rings is 1. The van der Waals surface area contributed by atoms with E-state index in [1.165, 1.54) is 44.6 Å². The largest absolute Gasteiger partial charge is 0.501 e. The molecular formula is C64H58IrN4OSi-2. The minimum atomic E-state index is -2.08. The number of aryl methyl sites for hydroxylation is 2. The zero-order valence-electron chi connectivity index (χ0n) is 44.4. The van der Waals surface area contributed by atoms with Crippen LogP contribution in [0.2, 0.25) is 19.6 Å². The fourth-order valence-corrected chi connectivity index (χ4v) is 10.3. The Morgan fingerprint density at radius 1 is 0.620 bits per heavy atom. The summed E-state index contributed by atoms with van der Waals surface area (Å²) in [5, 5.41) is 3.41. The number of aromatic nitrogens is 4. The first-order valence-corrected chi connectivity index (χ1v) is 27.6. The van der Waals surface area contributed by atoms with Crippen molar-refractivity contribution < 1.29 is 28.6 Å². The average molecular weight is 1120 g/mol. The van der Waals surface area contributed by atoms with Gasteiger partial charge in [-0.2, -0.15) is 0 Å². The molecule has 71 heavy (non-hydrogen) atoms. The van der Waals surface area contributed by atoms with Crippen LogP contribution < -0.4 is 5.19 Å². The maximum absolute atomic E-state index is 7.35. The SMILES string of the molecule is Cc1ccc2c(n1)nc(-c1[c-]ccc3c1oc1cc(-c4ccc(-c5ccccc5)cc4)ccc13)n2-c1c(C(C)C)cc(-c2ccccc2)cc1C(C)C.[2H]C([2H])([2H])c1c[c-]c(-c2ccc([Si](C)(C)C)cn2)cc1.[Ir]. The van der Waals surface area contributed by atoms with Gasteiger partial charge in [-0.1, -0.05) is 174 Å². The van der Waals surface area contributed by atoms with Crippen LogP contribution in [0.25, 0.3) is 94.8 Å². The van der Waals surface area contributed by atoms with Gasteiger partial charge < -0.3 is 14.0 Å². The molecule has 0 aliphatic carbocycles. The van der Waals surface area contributed by atoms with Crippen molar-refractivity contribution in [1.29, 1.82) is 0 Å². The second-order valence-electron chi connectivity index (χ2n) is 19.8. The molecule has 4 aromatic heterocycles. The molecule has 0 fully saturated rings. The Labute approximate surface area is 437 Å². The Kier molecular flexibility index (Phi) is 12.9. The Morgan fingerprint density at radius 2 is 1.25 bits per heavy atom. The van der Waals surface area contributed by atoms with Crippen LogP contribution in [0.5, 0.6) is 0 Å². The van der Waals surface area contributed by atoms with Gasteiger partial charge in [-0.25, -0.2) is 4.98 Å². The van der Waals surface area contributed by atoms with Crippen molar-refractivity contribution in [2.75, 3.05) is 0 Å². The summed E-state index contributed by atoms with van der Waals surface area (Å²) in [5.41, 5.74) is 17.7. The summed E-state index contributed by atoms with van der Waals surface area (Å²) in [4.78, 5) is 14.7. The molecule has 5 nitrogen and oxygen atoms in total. The monoisotopic (exact) mass is 1120 g/mol. The number of nitrogens with zero attached hydrogens (tertiary/aromatic N) is 4. The van der Waals surface area contributed by atoms with Crippen LogP contribution in [0.1, 0.15) is 66.0 Å². The first-order valence-electron chi connectivity index (χ1n) is 25.6. The maximum atomic E-state index is 7.35. The summed E-state index contributed by atoms with van der Waals surface area (Å²) in [7, 11) is -1.34. The third-order valence-corrected chi connectivity index (χ3v) is 15.1. The van der Waals surface area contributed by atoms with E-state index in [-0.39, 0.29) is 31.9 Å². The molecule has 4 heterocycles. The summed E-state index contributed by atoms with van der Waals surface area (Å²) < 4.78 is 31.2. The van der Waals surface area contributed by atoms with E-state index < -0.39 is 14.9 Å². The van der Waals surface area contributed by atoms with Crippen LogP contribution in [0, 0.1) is 25.9 Å². The smallest absolute Gasteiger partial charge is 0.168 e. The minimum absolute atomic E-state index is 0. The molecule has 0 saturated heterocycles. The number of hydrogen-bond acceptors (Lipinski definition) is 4. The Hall–Kier alpha value is -7.02. The van der Waals surface area contributed by atoms with Gasteiger partial charge in [0.2, 0.25) is 0 Å². The molecule has 1 radical (unpaired) electrons. The Morgan fingerprint density at radius 3 is 1.85 bits per heavy atom. The summed E-state index contributed by atoms with van der Waals surface area (Å²) in [6.45, 7) is 15.9. The molecular weight excluding hydrogens is 1060 g/mol. The van der Waals surface area contributed by atoms with E-state index in [9.17, 15) is 0 Å². The van der Waals surface area contributed by atoms with Crippen molar-refractivity contribution in [1.82, 2.24) is 19.5 Å². The van der Waals surface area contributed by atoms with E-state index in [4.69, 9.17) is 18.5 Å². The first-order chi connectivity index (χ1) is 35.0. The third kappa shape index (κ3) is 10.0. The molecule has 0 aliphatic rings. The predicted molar refractivity (Wildman–Crippen MR) is 296 cm³/mol. The molecule has 7 aromatic carbocycles. The van der Waals surface area contributed by atoms with Crippen molar-refractivity contribution in [3.05, 3.63) is 211 Å². The fraction of sp³-hybridized carbons (Fsp3) is 0.172. The van der Waals surface area contributed by atoms with Gasteiger partial charge in [0.05, 0.1) is 25.0 Å². The quantitative estimate of drug-likeness (QED) is 0.107. The van der Waals surface area contributed by atoms with Gasteiger partial charge in [0.15, 0.2) is 5.65 Å². The minimum Gasteiger partial charge on any atom is -0.501 e. The van der Waals surface area contributed by atoms with E-state index in [0.29, 0.717) is 11.2 Å². The van der Waals surface area contributed by atoms with Crippen LogP contribution in [-0.2, 0) is 20.1 Å². The summed E-state index contributed by atoms with van der Waals surface area (Å²) in [6.07, 6.45) is 1.92. The third-order valence-electron chi connectivity index (χ3n) is 13.1. The zero-order chi connectivity index (χ0) is 51.2. The van der Waals surface area contributed by atoms with E-state index in [2.05, 4.69) is 202 Å². The van der Waals surface area contributed by atoms with Gasteiger partial charge in [0.25, 0.3) is 0 Å². The molecule has 0 atom stereocenters. The molecule has 0 amide bonds.